The SMILES string of the molecule is CCCCCCc1nc(C(C)(C)C)ncc1C(=O)N(CC(C)C)[C@@H]1CN(C(=O)OC(C)(C)C)C[C@](C)(C(=O)O)C1. The van der Waals surface area contributed by atoms with Crippen molar-refractivity contribution in [3.05, 3.63) is 23.3 Å². The van der Waals surface area contributed by atoms with Gasteiger partial charge in [0.05, 0.1) is 22.7 Å². The van der Waals surface area contributed by atoms with Gasteiger partial charge in [-0.05, 0) is 52.9 Å². The van der Waals surface area contributed by atoms with Gasteiger partial charge in [0, 0.05) is 31.2 Å². The fraction of sp³-hybridized carbons (Fsp3) is 0.774. The normalized spacial score (nSPS) is 20.0. The second-order valence-corrected chi connectivity index (χ2v) is 14.1. The first-order chi connectivity index (χ1) is 18.4. The van der Waals surface area contributed by atoms with Gasteiger partial charge in [0.2, 0.25) is 0 Å². The second kappa shape index (κ2) is 13.3. The first-order valence-corrected chi connectivity index (χ1v) is 14.8. The molecule has 0 radical (unpaired) electrons. The van der Waals surface area contributed by atoms with Crippen LogP contribution in [0.3, 0.4) is 0 Å². The summed E-state index contributed by atoms with van der Waals surface area (Å²) in [5, 5.41) is 10.2. The molecule has 0 aliphatic carbocycles. The summed E-state index contributed by atoms with van der Waals surface area (Å²) in [4.78, 5) is 52.5. The van der Waals surface area contributed by atoms with Crippen molar-refractivity contribution in [1.82, 2.24) is 19.8 Å². The van der Waals surface area contributed by atoms with Crippen molar-refractivity contribution in [2.75, 3.05) is 19.6 Å². The molecule has 0 aromatic carbocycles. The van der Waals surface area contributed by atoms with E-state index < -0.39 is 29.1 Å². The van der Waals surface area contributed by atoms with Crippen LogP contribution in [0.4, 0.5) is 4.79 Å². The molecular weight excluding hydrogens is 508 g/mol. The Bertz CT molecular complexity index is 1040. The third kappa shape index (κ3) is 9.16. The highest BCUT2D eigenvalue weighted by Crippen LogP contribution is 2.34. The van der Waals surface area contributed by atoms with Gasteiger partial charge in [0.1, 0.15) is 11.4 Å². The molecule has 9 nitrogen and oxygen atoms in total. The standard InChI is InChI=1S/C31H52N4O5/c1-11-12-13-14-15-24-23(17-32-26(33-24)29(4,5)6)25(36)35(18-21(2)3)22-16-31(10,27(37)38)20-34(19-22)28(39)40-30(7,8)9/h17,21-22H,11-16,18-20H2,1-10H3,(H,37,38)/t22-,31+/m0/s1. The summed E-state index contributed by atoms with van der Waals surface area (Å²) in [5.41, 5.74) is -1.04. The molecule has 40 heavy (non-hydrogen) atoms. The molecule has 2 heterocycles. The van der Waals surface area contributed by atoms with Crippen molar-refractivity contribution in [2.24, 2.45) is 11.3 Å². The number of aliphatic carboxylic acids is 1. The van der Waals surface area contributed by atoms with E-state index in [-0.39, 0.29) is 36.8 Å². The van der Waals surface area contributed by atoms with E-state index in [4.69, 9.17) is 9.72 Å². The summed E-state index contributed by atoms with van der Waals surface area (Å²) in [5.74, 6) is -0.405. The molecule has 1 aromatic rings. The largest absolute Gasteiger partial charge is 0.481 e. The van der Waals surface area contributed by atoms with E-state index in [1.807, 2.05) is 13.8 Å². The second-order valence-electron chi connectivity index (χ2n) is 14.1. The highest BCUT2D eigenvalue weighted by molar-refractivity contribution is 5.95. The number of aromatic nitrogens is 2. The van der Waals surface area contributed by atoms with E-state index >= 15 is 0 Å². The van der Waals surface area contributed by atoms with Crippen LogP contribution in [0, 0.1) is 11.3 Å². The van der Waals surface area contributed by atoms with E-state index in [1.165, 1.54) is 4.90 Å². The molecule has 0 unspecified atom stereocenters. The van der Waals surface area contributed by atoms with Crippen LogP contribution in [0.1, 0.15) is 123 Å². The number of carbonyl (C=O) groups is 3. The molecule has 226 valence electrons. The van der Waals surface area contributed by atoms with Crippen LogP contribution < -0.4 is 0 Å². The number of hydrogen-bond acceptors (Lipinski definition) is 6. The van der Waals surface area contributed by atoms with Crippen molar-refractivity contribution < 1.29 is 24.2 Å². The lowest BCUT2D eigenvalue weighted by molar-refractivity contribution is -0.152. The molecule has 0 spiro atoms. The zero-order valence-corrected chi connectivity index (χ0v) is 26.5. The summed E-state index contributed by atoms with van der Waals surface area (Å²) in [6.45, 7) is 20.0. The van der Waals surface area contributed by atoms with Gasteiger partial charge in [-0.25, -0.2) is 14.8 Å². The Morgan fingerprint density at radius 3 is 2.33 bits per heavy atom. The lowest BCUT2D eigenvalue weighted by atomic mass is 9.79. The monoisotopic (exact) mass is 560 g/mol. The van der Waals surface area contributed by atoms with Crippen LogP contribution in [0.15, 0.2) is 6.20 Å². The van der Waals surface area contributed by atoms with E-state index in [0.29, 0.717) is 24.4 Å². The maximum absolute atomic E-state index is 14.3. The maximum atomic E-state index is 14.3. The number of rotatable bonds is 10. The molecular formula is C31H52N4O5. The summed E-state index contributed by atoms with van der Waals surface area (Å²) >= 11 is 0. The number of likely N-dealkylation sites (tertiary alicyclic amines) is 1. The molecule has 1 aromatic heterocycles. The van der Waals surface area contributed by atoms with Crippen LogP contribution >= 0.6 is 0 Å². The fourth-order valence-electron chi connectivity index (χ4n) is 5.03. The molecule has 0 bridgehead atoms. The molecule has 1 N–H and O–H groups in total. The minimum Gasteiger partial charge on any atom is -0.481 e. The van der Waals surface area contributed by atoms with E-state index in [0.717, 1.165) is 31.4 Å². The minimum absolute atomic E-state index is 0.0174. The molecule has 2 amide bonds. The number of carboxylic acids is 1. The minimum atomic E-state index is -1.23. The van der Waals surface area contributed by atoms with E-state index in [2.05, 4.69) is 32.7 Å². The average Bonchev–Trinajstić information content (AvgIpc) is 2.82. The van der Waals surface area contributed by atoms with Gasteiger partial charge in [-0.15, -0.1) is 0 Å². The highest BCUT2D eigenvalue weighted by atomic mass is 16.6. The third-order valence-electron chi connectivity index (χ3n) is 7.12. The van der Waals surface area contributed by atoms with Gasteiger partial charge >= 0.3 is 12.1 Å². The number of nitrogens with zero attached hydrogens (tertiary/aromatic N) is 4. The molecule has 0 saturated carbocycles. The van der Waals surface area contributed by atoms with Crippen LogP contribution in [-0.4, -0.2) is 74.1 Å². The maximum Gasteiger partial charge on any atom is 0.410 e. The number of carboxylic acid groups (broad SMARTS) is 1. The molecule has 9 heteroatoms. The zero-order chi connectivity index (χ0) is 30.5. The first-order valence-electron chi connectivity index (χ1n) is 14.8. The van der Waals surface area contributed by atoms with Crippen LogP contribution in [-0.2, 0) is 21.4 Å². The van der Waals surface area contributed by atoms with E-state index in [1.54, 1.807) is 38.8 Å². The number of amides is 2. The number of aryl methyl sites for hydroxylation is 1. The topological polar surface area (TPSA) is 113 Å². The van der Waals surface area contributed by atoms with Gasteiger partial charge in [-0.1, -0.05) is 60.8 Å². The average molecular weight is 561 g/mol. The quantitative estimate of drug-likeness (QED) is 0.344. The molecule has 2 atom stereocenters. The van der Waals surface area contributed by atoms with Crippen molar-refractivity contribution in [1.29, 1.82) is 0 Å². The Balaban J connectivity index is 2.53. The van der Waals surface area contributed by atoms with Gasteiger partial charge in [0.15, 0.2) is 0 Å². The lowest BCUT2D eigenvalue weighted by Crippen LogP contribution is -2.60. The molecule has 1 fully saturated rings. The zero-order valence-electron chi connectivity index (χ0n) is 26.5. The predicted molar refractivity (Wildman–Crippen MR) is 156 cm³/mol. The summed E-state index contributed by atoms with van der Waals surface area (Å²) in [7, 11) is 0. The Kier molecular flexibility index (Phi) is 11.1. The van der Waals surface area contributed by atoms with Gasteiger partial charge in [-0.2, -0.15) is 0 Å². The number of ether oxygens (including phenoxy) is 1. The lowest BCUT2D eigenvalue weighted by Gasteiger charge is -2.46. The Morgan fingerprint density at radius 2 is 1.80 bits per heavy atom. The molecule has 1 saturated heterocycles. The molecule has 1 aliphatic heterocycles. The van der Waals surface area contributed by atoms with Crippen molar-refractivity contribution >= 4 is 18.0 Å². The molecule has 2 rings (SSSR count). The summed E-state index contributed by atoms with van der Waals surface area (Å²) in [6.07, 6.45) is 6.18. The Morgan fingerprint density at radius 1 is 1.15 bits per heavy atom. The Labute approximate surface area is 241 Å². The smallest absolute Gasteiger partial charge is 0.410 e. The number of piperidine rings is 1. The van der Waals surface area contributed by atoms with E-state index in [9.17, 15) is 19.5 Å². The van der Waals surface area contributed by atoms with Crippen LogP contribution in [0.5, 0.6) is 0 Å². The van der Waals surface area contributed by atoms with Gasteiger partial charge < -0.3 is 19.6 Å². The van der Waals surface area contributed by atoms with Crippen LogP contribution in [0.25, 0.3) is 0 Å². The third-order valence-corrected chi connectivity index (χ3v) is 7.12. The molecule has 1 aliphatic rings. The summed E-state index contributed by atoms with van der Waals surface area (Å²) < 4.78 is 5.60. The Hall–Kier alpha value is -2.71. The number of hydrogen-bond donors (Lipinski definition) is 1. The summed E-state index contributed by atoms with van der Waals surface area (Å²) in [6, 6.07) is -0.507. The van der Waals surface area contributed by atoms with Crippen molar-refractivity contribution in [3.8, 4) is 0 Å². The number of unbranched alkanes of at least 4 members (excludes halogenated alkanes) is 3. The number of carbonyl (C=O) groups excluding carboxylic acids is 2. The van der Waals surface area contributed by atoms with Gasteiger partial charge in [-0.3, -0.25) is 9.59 Å². The van der Waals surface area contributed by atoms with Crippen LogP contribution in [0.2, 0.25) is 0 Å². The first kappa shape index (κ1) is 33.5. The van der Waals surface area contributed by atoms with Crippen molar-refractivity contribution in [3.63, 3.8) is 0 Å². The fourth-order valence-corrected chi connectivity index (χ4v) is 5.03. The highest BCUT2D eigenvalue weighted by Gasteiger charge is 2.47. The predicted octanol–water partition coefficient (Wildman–Crippen LogP) is 6.10. The van der Waals surface area contributed by atoms with Crippen molar-refractivity contribution in [2.45, 2.75) is 125 Å². The van der Waals surface area contributed by atoms with Gasteiger partial charge in [0.25, 0.3) is 5.91 Å².